The average molecular weight is 891 g/mol. The van der Waals surface area contributed by atoms with Gasteiger partial charge in [-0.2, -0.15) is 0 Å². The molecule has 2 aliphatic carbocycles. The van der Waals surface area contributed by atoms with Crippen LogP contribution in [-0.2, 0) is 5.41 Å². The smallest absolute Gasteiger partial charge is 0.0725 e. The molecule has 0 fully saturated rings. The number of rotatable bonds is 7. The maximum absolute atomic E-state index is 3.91. The summed E-state index contributed by atoms with van der Waals surface area (Å²) in [5.74, 6) is 0. The molecule has 328 valence electrons. The van der Waals surface area contributed by atoms with Gasteiger partial charge in [0, 0.05) is 32.9 Å². The Bertz CT molecular complexity index is 4220. The summed E-state index contributed by atoms with van der Waals surface area (Å²) >= 11 is 0. The van der Waals surface area contributed by atoms with Gasteiger partial charge >= 0.3 is 0 Å². The molecule has 1 spiro atoms. The lowest BCUT2D eigenvalue weighted by atomic mass is 9.55. The summed E-state index contributed by atoms with van der Waals surface area (Å²) in [5, 5.41) is 9.92. The Morgan fingerprint density at radius 2 is 1.01 bits per heavy atom. The van der Waals surface area contributed by atoms with Crippen LogP contribution in [0.5, 0.6) is 0 Å². The maximum Gasteiger partial charge on any atom is 0.0725 e. The molecule has 14 rings (SSSR count). The Morgan fingerprint density at radius 3 is 1.79 bits per heavy atom. The van der Waals surface area contributed by atoms with E-state index in [0.29, 0.717) is 0 Å². The van der Waals surface area contributed by atoms with Crippen LogP contribution in [0.3, 0.4) is 0 Å². The Balaban J connectivity index is 1.09. The van der Waals surface area contributed by atoms with Crippen molar-refractivity contribution in [3.63, 3.8) is 0 Å². The molecule has 0 saturated heterocycles. The van der Waals surface area contributed by atoms with E-state index in [0.717, 1.165) is 28.3 Å². The van der Waals surface area contributed by atoms with Crippen molar-refractivity contribution < 1.29 is 0 Å². The highest BCUT2D eigenvalue weighted by Crippen LogP contribution is 2.62. The van der Waals surface area contributed by atoms with E-state index >= 15 is 0 Å². The molecule has 0 saturated carbocycles. The van der Waals surface area contributed by atoms with E-state index in [4.69, 9.17) is 0 Å². The van der Waals surface area contributed by atoms with Gasteiger partial charge in [-0.15, -0.1) is 0 Å². The van der Waals surface area contributed by atoms with Crippen LogP contribution >= 0.6 is 0 Å². The average Bonchev–Trinajstić information content (AvgIpc) is 3.75. The highest BCUT2D eigenvalue weighted by atomic mass is 15.1. The van der Waals surface area contributed by atoms with E-state index in [-0.39, 0.29) is 0 Å². The standard InChI is InChI=1S/C68H46N2/c1-3-4-6-20-44(2)48-39-40-55-50-26-11-14-31-58(50)68(60-33-18-29-54(48)66(55)60)59-32-15-12-27-51(59)56-41-42-64(57-30-19-34-61(68)67(56)57)70(62-36-17-22-45-21-9-10-25-49(45)62)47-37-38-53-52-28-13-16-35-63(52)69(65(53)43-47)46-23-7-5-8-24-46/h3-43H,1H2,2H3/b6-4-,44-20+. The van der Waals surface area contributed by atoms with Crippen LogP contribution in [0.2, 0.25) is 0 Å². The van der Waals surface area contributed by atoms with Gasteiger partial charge in [0.05, 0.1) is 27.8 Å². The van der Waals surface area contributed by atoms with Crippen LogP contribution in [0.15, 0.2) is 255 Å². The molecule has 12 aromatic rings. The van der Waals surface area contributed by atoms with Crippen molar-refractivity contribution in [3.8, 4) is 27.9 Å². The third kappa shape index (κ3) is 5.56. The third-order valence-electron chi connectivity index (χ3n) is 15.3. The highest BCUT2D eigenvalue weighted by molar-refractivity contribution is 6.17. The molecule has 1 heterocycles. The first-order valence-electron chi connectivity index (χ1n) is 24.3. The molecule has 1 unspecified atom stereocenters. The maximum atomic E-state index is 3.91. The number of allylic oxidation sites excluding steroid dienone is 5. The van der Waals surface area contributed by atoms with Crippen LogP contribution in [0, 0.1) is 0 Å². The monoisotopic (exact) mass is 890 g/mol. The molecule has 0 bridgehead atoms. The van der Waals surface area contributed by atoms with E-state index < -0.39 is 5.41 Å². The van der Waals surface area contributed by atoms with E-state index in [9.17, 15) is 0 Å². The molecule has 2 heteroatoms. The van der Waals surface area contributed by atoms with Crippen LogP contribution in [0.1, 0.15) is 34.7 Å². The summed E-state index contributed by atoms with van der Waals surface area (Å²) in [6.07, 6.45) is 8.12. The first kappa shape index (κ1) is 40.1. The molecule has 0 N–H and O–H groups in total. The molecule has 70 heavy (non-hydrogen) atoms. The summed E-state index contributed by atoms with van der Waals surface area (Å²) in [6.45, 7) is 6.13. The van der Waals surface area contributed by atoms with E-state index in [1.807, 2.05) is 12.2 Å². The summed E-state index contributed by atoms with van der Waals surface area (Å²) < 4.78 is 2.42. The number of aromatic nitrogens is 1. The zero-order valence-corrected chi connectivity index (χ0v) is 38.8. The largest absolute Gasteiger partial charge is 0.309 e. The second kappa shape index (κ2) is 15.5. The Labute approximate surface area is 407 Å². The quantitative estimate of drug-likeness (QED) is 0.145. The van der Waals surface area contributed by atoms with Gasteiger partial charge < -0.3 is 9.47 Å². The minimum atomic E-state index is -0.621. The lowest BCUT2D eigenvalue weighted by Gasteiger charge is -2.46. The molecule has 1 aromatic heterocycles. The Hall–Kier alpha value is -8.98. The molecule has 1 atom stereocenters. The topological polar surface area (TPSA) is 8.17 Å². The van der Waals surface area contributed by atoms with Gasteiger partial charge in [0.15, 0.2) is 0 Å². The number of benzene rings is 11. The number of para-hydroxylation sites is 2. The SMILES string of the molecule is C=C/C=C\C=C(/C)c1ccc2c3c(cccc13)C1(c3ccccc3-2)c2ccccc2-c2ccc(N(c3ccc4c5ccccc5n(-c5ccccc5)c4c3)c3cccc4ccccc34)c3cccc1c23. The van der Waals surface area contributed by atoms with Gasteiger partial charge in [-0.05, 0) is 127 Å². The number of hydrogen-bond acceptors (Lipinski definition) is 1. The molecule has 0 amide bonds. The van der Waals surface area contributed by atoms with Crippen molar-refractivity contribution in [2.24, 2.45) is 0 Å². The molecular formula is C68H46N2. The van der Waals surface area contributed by atoms with Crippen molar-refractivity contribution in [2.75, 3.05) is 4.90 Å². The number of anilines is 3. The molecular weight excluding hydrogens is 845 g/mol. The number of nitrogens with zero attached hydrogens (tertiary/aromatic N) is 2. The number of fused-ring (bicyclic) bond motifs is 12. The summed E-state index contributed by atoms with van der Waals surface area (Å²) in [6, 6.07) is 84.1. The van der Waals surface area contributed by atoms with Crippen molar-refractivity contribution in [1.82, 2.24) is 4.57 Å². The van der Waals surface area contributed by atoms with Crippen molar-refractivity contribution >= 4 is 76.8 Å². The molecule has 0 aliphatic heterocycles. The van der Waals surface area contributed by atoms with Crippen LogP contribution in [-0.4, -0.2) is 4.57 Å². The van der Waals surface area contributed by atoms with Crippen LogP contribution in [0.4, 0.5) is 17.1 Å². The normalized spacial score (nSPS) is 14.8. The minimum absolute atomic E-state index is 0.621. The fourth-order valence-electron chi connectivity index (χ4n) is 12.5. The van der Waals surface area contributed by atoms with Crippen molar-refractivity contribution in [3.05, 3.63) is 283 Å². The van der Waals surface area contributed by atoms with Gasteiger partial charge in [-0.3, -0.25) is 0 Å². The van der Waals surface area contributed by atoms with E-state index in [2.05, 4.69) is 260 Å². The van der Waals surface area contributed by atoms with Crippen molar-refractivity contribution in [1.29, 1.82) is 0 Å². The third-order valence-corrected chi connectivity index (χ3v) is 15.3. The van der Waals surface area contributed by atoms with Gasteiger partial charge in [0.1, 0.15) is 0 Å². The Morgan fingerprint density at radius 1 is 0.443 bits per heavy atom. The molecule has 2 nitrogen and oxygen atoms in total. The van der Waals surface area contributed by atoms with Gasteiger partial charge in [0.25, 0.3) is 0 Å². The number of hydrogen-bond donors (Lipinski definition) is 0. The van der Waals surface area contributed by atoms with Crippen LogP contribution in [0.25, 0.3) is 87.6 Å². The summed E-state index contributed by atoms with van der Waals surface area (Å²) in [4.78, 5) is 2.53. The molecule has 0 radical (unpaired) electrons. The molecule has 11 aromatic carbocycles. The van der Waals surface area contributed by atoms with Gasteiger partial charge in [-0.1, -0.05) is 213 Å². The first-order valence-corrected chi connectivity index (χ1v) is 24.3. The Kier molecular flexibility index (Phi) is 8.90. The van der Waals surface area contributed by atoms with Gasteiger partial charge in [-0.25, -0.2) is 0 Å². The lowest BCUT2D eigenvalue weighted by Crippen LogP contribution is -2.36. The summed E-state index contributed by atoms with van der Waals surface area (Å²) in [5.41, 5.74) is 19.0. The first-order chi connectivity index (χ1) is 34.6. The minimum Gasteiger partial charge on any atom is -0.309 e. The summed E-state index contributed by atoms with van der Waals surface area (Å²) in [7, 11) is 0. The predicted molar refractivity (Wildman–Crippen MR) is 297 cm³/mol. The van der Waals surface area contributed by atoms with E-state index in [1.165, 1.54) is 104 Å². The highest BCUT2D eigenvalue weighted by Gasteiger charge is 2.48. The molecule has 2 aliphatic rings. The fourth-order valence-corrected chi connectivity index (χ4v) is 12.5. The lowest BCUT2D eigenvalue weighted by molar-refractivity contribution is 0.754. The van der Waals surface area contributed by atoms with Gasteiger partial charge in [0.2, 0.25) is 0 Å². The fraction of sp³-hybridized carbons (Fsp3) is 0.0294. The second-order valence-corrected chi connectivity index (χ2v) is 18.8. The van der Waals surface area contributed by atoms with E-state index in [1.54, 1.807) is 0 Å². The second-order valence-electron chi connectivity index (χ2n) is 18.8. The zero-order chi connectivity index (χ0) is 46.5. The predicted octanol–water partition coefficient (Wildman–Crippen LogP) is 18.2. The zero-order valence-electron chi connectivity index (χ0n) is 38.8. The van der Waals surface area contributed by atoms with Crippen LogP contribution < -0.4 is 4.90 Å². The van der Waals surface area contributed by atoms with Crippen molar-refractivity contribution in [2.45, 2.75) is 12.3 Å².